The molecule has 0 aliphatic heterocycles. The second kappa shape index (κ2) is 5.24. The van der Waals surface area contributed by atoms with E-state index < -0.39 is 11.9 Å². The lowest BCUT2D eigenvalue weighted by Crippen LogP contribution is -2.45. The summed E-state index contributed by atoms with van der Waals surface area (Å²) in [5, 5.41) is 20.6. The first kappa shape index (κ1) is 14.5. The molecule has 0 aliphatic rings. The summed E-state index contributed by atoms with van der Waals surface area (Å²) in [5.41, 5.74) is 1.43. The van der Waals surface area contributed by atoms with Gasteiger partial charge in [0.15, 0.2) is 0 Å². The Morgan fingerprint density at radius 1 is 1.40 bits per heavy atom. The van der Waals surface area contributed by atoms with Crippen LogP contribution in [0.5, 0.6) is 5.75 Å². The molecule has 2 aromatic rings. The van der Waals surface area contributed by atoms with Crippen LogP contribution in [0, 0.1) is 0 Å². The summed E-state index contributed by atoms with van der Waals surface area (Å²) in [5.74, 6) is -1.99. The number of aliphatic hydroxyl groups is 2. The number of nitrogens with zero attached hydrogens (tertiary/aromatic N) is 1. The maximum Gasteiger partial charge on any atom is 0.308 e. The quantitative estimate of drug-likeness (QED) is 0.438. The number of carbonyl (C=O) groups is 1. The zero-order valence-electron chi connectivity index (χ0n) is 11.7. The van der Waals surface area contributed by atoms with E-state index in [2.05, 4.69) is 4.98 Å². The van der Waals surface area contributed by atoms with Gasteiger partial charge in [-0.3, -0.25) is 9.69 Å². The Kier molecular flexibility index (Phi) is 3.80. The molecular weight excluding hydrogens is 260 g/mol. The molecule has 0 fully saturated rings. The zero-order valence-corrected chi connectivity index (χ0v) is 11.7. The normalized spacial score (nSPS) is 12.1. The predicted octanol–water partition coefficient (Wildman–Crippen LogP) is 0.836. The maximum absolute atomic E-state index is 11.1. The summed E-state index contributed by atoms with van der Waals surface area (Å²) in [6, 6.07) is 5.27. The number of carbonyl (C=O) groups excluding carboxylic acids is 1. The first-order valence-corrected chi connectivity index (χ1v) is 6.21. The van der Waals surface area contributed by atoms with Gasteiger partial charge in [-0.05, 0) is 31.8 Å². The van der Waals surface area contributed by atoms with E-state index in [1.54, 1.807) is 32.4 Å². The summed E-state index contributed by atoms with van der Waals surface area (Å²) >= 11 is 0. The van der Waals surface area contributed by atoms with Gasteiger partial charge >= 0.3 is 5.97 Å². The molecule has 6 heteroatoms. The molecule has 6 nitrogen and oxygen atoms in total. The number of aromatic nitrogens is 1. The molecule has 1 heterocycles. The van der Waals surface area contributed by atoms with Gasteiger partial charge in [0, 0.05) is 30.4 Å². The number of aromatic amines is 1. The van der Waals surface area contributed by atoms with Gasteiger partial charge in [-0.2, -0.15) is 0 Å². The fraction of sp³-hybridized carbons (Fsp3) is 0.357. The van der Waals surface area contributed by atoms with Crippen molar-refractivity contribution < 1.29 is 19.7 Å². The Hall–Kier alpha value is -1.89. The summed E-state index contributed by atoms with van der Waals surface area (Å²) in [4.78, 5) is 15.5. The van der Waals surface area contributed by atoms with Gasteiger partial charge in [0.25, 0.3) is 0 Å². The second-order valence-corrected chi connectivity index (χ2v) is 4.93. The Morgan fingerprint density at radius 3 is 2.70 bits per heavy atom. The number of ether oxygens (including phenoxy) is 1. The van der Waals surface area contributed by atoms with Crippen LogP contribution >= 0.6 is 0 Å². The van der Waals surface area contributed by atoms with E-state index in [0.717, 1.165) is 5.52 Å². The van der Waals surface area contributed by atoms with Crippen LogP contribution < -0.4 is 4.74 Å². The highest BCUT2D eigenvalue weighted by molar-refractivity contribution is 5.91. The van der Waals surface area contributed by atoms with Crippen LogP contribution in [-0.4, -0.2) is 46.1 Å². The van der Waals surface area contributed by atoms with Crippen LogP contribution in [0.2, 0.25) is 0 Å². The fourth-order valence-corrected chi connectivity index (χ4v) is 2.01. The number of fused-ring (bicyclic) bond motifs is 1. The lowest BCUT2D eigenvalue weighted by molar-refractivity contribution is -0.247. The average molecular weight is 278 g/mol. The van der Waals surface area contributed by atoms with E-state index in [1.165, 1.54) is 11.8 Å². The number of likely N-dealkylation sites (N-methyl/N-ethyl adjacent to an activating group) is 1. The van der Waals surface area contributed by atoms with Gasteiger partial charge in [-0.25, -0.2) is 0 Å². The number of H-pyrrole nitrogens is 1. The lowest BCUT2D eigenvalue weighted by atomic mass is 10.1. The molecule has 0 spiro atoms. The van der Waals surface area contributed by atoms with Crippen LogP contribution in [0.15, 0.2) is 24.4 Å². The van der Waals surface area contributed by atoms with Crippen LogP contribution in [-0.2, 0) is 11.2 Å². The third-order valence-electron chi connectivity index (χ3n) is 3.15. The number of esters is 1. The summed E-state index contributed by atoms with van der Waals surface area (Å²) in [7, 11) is 3.14. The number of nitrogens with one attached hydrogen (secondary N) is 1. The van der Waals surface area contributed by atoms with Gasteiger partial charge in [0.1, 0.15) is 5.75 Å². The first-order valence-electron chi connectivity index (χ1n) is 6.21. The second-order valence-electron chi connectivity index (χ2n) is 4.93. The zero-order chi connectivity index (χ0) is 14.9. The monoisotopic (exact) mass is 278 g/mol. The molecule has 2 rings (SSSR count). The summed E-state index contributed by atoms with van der Waals surface area (Å²) in [6.07, 6.45) is 1.67. The number of benzene rings is 1. The van der Waals surface area contributed by atoms with Crippen molar-refractivity contribution in [2.75, 3.05) is 14.1 Å². The Morgan fingerprint density at radius 2 is 2.10 bits per heavy atom. The van der Waals surface area contributed by atoms with Crippen LogP contribution in [0.25, 0.3) is 10.9 Å². The van der Waals surface area contributed by atoms with Gasteiger partial charge in [-0.1, -0.05) is 6.07 Å². The molecular formula is C14H18N2O4. The number of hydrogen-bond acceptors (Lipinski definition) is 5. The van der Waals surface area contributed by atoms with E-state index >= 15 is 0 Å². The smallest absolute Gasteiger partial charge is 0.308 e. The highest BCUT2D eigenvalue weighted by Crippen LogP contribution is 2.31. The molecule has 0 amide bonds. The molecule has 0 saturated heterocycles. The topological polar surface area (TPSA) is 85.8 Å². The fourth-order valence-electron chi connectivity index (χ4n) is 2.01. The SMILES string of the molecule is CC(=O)Oc1cccc2[nH]cc(CC(O)(O)N(C)C)c12. The highest BCUT2D eigenvalue weighted by Gasteiger charge is 2.28. The predicted molar refractivity (Wildman–Crippen MR) is 74.2 cm³/mol. The summed E-state index contributed by atoms with van der Waals surface area (Å²) in [6.45, 7) is 1.33. The van der Waals surface area contributed by atoms with E-state index in [1.807, 2.05) is 6.07 Å². The third kappa shape index (κ3) is 2.82. The molecule has 0 bridgehead atoms. The van der Waals surface area contributed by atoms with Crippen LogP contribution in [0.3, 0.4) is 0 Å². The van der Waals surface area contributed by atoms with Crippen molar-refractivity contribution in [2.45, 2.75) is 19.3 Å². The molecule has 0 aliphatic carbocycles. The number of hydrogen-bond donors (Lipinski definition) is 3. The third-order valence-corrected chi connectivity index (χ3v) is 3.15. The van der Waals surface area contributed by atoms with E-state index in [4.69, 9.17) is 4.74 Å². The molecule has 1 aromatic heterocycles. The van der Waals surface area contributed by atoms with Crippen molar-refractivity contribution in [1.29, 1.82) is 0 Å². The van der Waals surface area contributed by atoms with Gasteiger partial charge in [0.2, 0.25) is 5.91 Å². The van der Waals surface area contributed by atoms with Crippen molar-refractivity contribution in [3.05, 3.63) is 30.0 Å². The van der Waals surface area contributed by atoms with E-state index in [0.29, 0.717) is 16.7 Å². The molecule has 1 aromatic carbocycles. The minimum absolute atomic E-state index is 0.0156. The number of rotatable bonds is 4. The van der Waals surface area contributed by atoms with E-state index in [9.17, 15) is 15.0 Å². The minimum atomic E-state index is -1.97. The van der Waals surface area contributed by atoms with Crippen molar-refractivity contribution in [1.82, 2.24) is 9.88 Å². The molecule has 0 atom stereocenters. The Bertz CT molecular complexity index is 631. The van der Waals surface area contributed by atoms with Crippen LogP contribution in [0.4, 0.5) is 0 Å². The molecule has 0 unspecified atom stereocenters. The van der Waals surface area contributed by atoms with Crippen molar-refractivity contribution in [2.24, 2.45) is 0 Å². The molecule has 0 radical (unpaired) electrons. The molecule has 108 valence electrons. The molecule has 20 heavy (non-hydrogen) atoms. The van der Waals surface area contributed by atoms with E-state index in [-0.39, 0.29) is 6.42 Å². The van der Waals surface area contributed by atoms with Crippen molar-refractivity contribution >= 4 is 16.9 Å². The van der Waals surface area contributed by atoms with Gasteiger partial charge in [-0.15, -0.1) is 0 Å². The molecule has 0 saturated carbocycles. The highest BCUT2D eigenvalue weighted by atomic mass is 16.5. The van der Waals surface area contributed by atoms with Gasteiger partial charge < -0.3 is 19.9 Å². The molecule has 3 N–H and O–H groups in total. The Balaban J connectivity index is 2.47. The largest absolute Gasteiger partial charge is 0.426 e. The standard InChI is InChI=1S/C14H18N2O4/c1-9(17)20-12-6-4-5-11-13(12)10(8-15-11)7-14(18,19)16(2)3/h4-6,8,15,18-19H,7H2,1-3H3. The maximum atomic E-state index is 11.1. The first-order chi connectivity index (χ1) is 9.31. The van der Waals surface area contributed by atoms with Crippen molar-refractivity contribution in [3.8, 4) is 5.75 Å². The van der Waals surface area contributed by atoms with Crippen LogP contribution in [0.1, 0.15) is 12.5 Å². The van der Waals surface area contributed by atoms with Crippen molar-refractivity contribution in [3.63, 3.8) is 0 Å². The minimum Gasteiger partial charge on any atom is -0.426 e. The average Bonchev–Trinajstić information content (AvgIpc) is 2.72. The van der Waals surface area contributed by atoms with Gasteiger partial charge in [0.05, 0.1) is 0 Å². The Labute approximate surface area is 116 Å². The summed E-state index contributed by atoms with van der Waals surface area (Å²) < 4.78 is 5.17. The lowest BCUT2D eigenvalue weighted by Gasteiger charge is -2.28.